The van der Waals surface area contributed by atoms with Gasteiger partial charge in [0.1, 0.15) is 11.7 Å². The van der Waals surface area contributed by atoms with E-state index in [1.807, 2.05) is 12.1 Å². The summed E-state index contributed by atoms with van der Waals surface area (Å²) in [6.07, 6.45) is 2.76. The number of ether oxygens (including phenoxy) is 1. The third-order valence-corrected chi connectivity index (χ3v) is 3.05. The molecule has 94 valence electrons. The van der Waals surface area contributed by atoms with Gasteiger partial charge in [0.05, 0.1) is 6.61 Å². The summed E-state index contributed by atoms with van der Waals surface area (Å²) in [6.45, 7) is 2.81. The SMILES string of the molecule is CCCc1c(C#N)oc2ccc(CCOC)cc12. The number of furan rings is 1. The molecule has 1 aromatic carbocycles. The van der Waals surface area contributed by atoms with E-state index in [0.29, 0.717) is 12.4 Å². The number of rotatable bonds is 5. The Kier molecular flexibility index (Phi) is 4.01. The van der Waals surface area contributed by atoms with E-state index in [9.17, 15) is 0 Å². The topological polar surface area (TPSA) is 46.2 Å². The van der Waals surface area contributed by atoms with Crippen LogP contribution in [0.2, 0.25) is 0 Å². The first kappa shape index (κ1) is 12.7. The van der Waals surface area contributed by atoms with E-state index in [0.717, 1.165) is 35.8 Å². The Hall–Kier alpha value is -1.79. The highest BCUT2D eigenvalue weighted by Crippen LogP contribution is 2.27. The lowest BCUT2D eigenvalue weighted by Gasteiger charge is -2.01. The highest BCUT2D eigenvalue weighted by Gasteiger charge is 2.13. The first-order chi connectivity index (χ1) is 8.80. The summed E-state index contributed by atoms with van der Waals surface area (Å²) in [7, 11) is 1.70. The molecule has 0 saturated heterocycles. The maximum absolute atomic E-state index is 9.09. The lowest BCUT2D eigenvalue weighted by atomic mass is 10.0. The predicted octanol–water partition coefficient (Wildman–Crippen LogP) is 3.45. The summed E-state index contributed by atoms with van der Waals surface area (Å²) >= 11 is 0. The van der Waals surface area contributed by atoms with E-state index in [2.05, 4.69) is 19.1 Å². The smallest absolute Gasteiger partial charge is 0.207 e. The second kappa shape index (κ2) is 5.70. The first-order valence-corrected chi connectivity index (χ1v) is 6.23. The Morgan fingerprint density at radius 2 is 2.17 bits per heavy atom. The number of nitriles is 1. The van der Waals surface area contributed by atoms with Crippen LogP contribution in [-0.2, 0) is 17.6 Å². The molecule has 0 saturated carbocycles. The zero-order chi connectivity index (χ0) is 13.0. The molecule has 0 radical (unpaired) electrons. The zero-order valence-corrected chi connectivity index (χ0v) is 10.8. The van der Waals surface area contributed by atoms with Crippen molar-refractivity contribution in [3.8, 4) is 6.07 Å². The summed E-state index contributed by atoms with van der Waals surface area (Å²) in [5.41, 5.74) is 3.05. The van der Waals surface area contributed by atoms with Crippen LogP contribution in [0.5, 0.6) is 0 Å². The van der Waals surface area contributed by atoms with E-state index in [1.54, 1.807) is 7.11 Å². The fraction of sp³-hybridized carbons (Fsp3) is 0.400. The van der Waals surface area contributed by atoms with Crippen molar-refractivity contribution in [3.05, 3.63) is 35.1 Å². The molecule has 1 aromatic heterocycles. The highest BCUT2D eigenvalue weighted by molar-refractivity contribution is 5.84. The van der Waals surface area contributed by atoms with E-state index in [4.69, 9.17) is 14.4 Å². The first-order valence-electron chi connectivity index (χ1n) is 6.23. The van der Waals surface area contributed by atoms with Crippen LogP contribution in [0.15, 0.2) is 22.6 Å². The quantitative estimate of drug-likeness (QED) is 0.808. The van der Waals surface area contributed by atoms with Gasteiger partial charge in [0, 0.05) is 18.1 Å². The molecule has 0 bridgehead atoms. The molecule has 2 rings (SSSR count). The van der Waals surface area contributed by atoms with Gasteiger partial charge in [-0.15, -0.1) is 0 Å². The Balaban J connectivity index is 2.46. The lowest BCUT2D eigenvalue weighted by molar-refractivity contribution is 0.202. The van der Waals surface area contributed by atoms with Crippen molar-refractivity contribution in [2.75, 3.05) is 13.7 Å². The van der Waals surface area contributed by atoms with Crippen molar-refractivity contribution in [1.29, 1.82) is 5.26 Å². The fourth-order valence-corrected chi connectivity index (χ4v) is 2.16. The third-order valence-electron chi connectivity index (χ3n) is 3.05. The summed E-state index contributed by atoms with van der Waals surface area (Å²) in [6, 6.07) is 8.23. The van der Waals surface area contributed by atoms with E-state index < -0.39 is 0 Å². The van der Waals surface area contributed by atoms with Crippen molar-refractivity contribution in [1.82, 2.24) is 0 Å². The van der Waals surface area contributed by atoms with Crippen LogP contribution in [0.1, 0.15) is 30.2 Å². The van der Waals surface area contributed by atoms with Crippen LogP contribution in [0.25, 0.3) is 11.0 Å². The van der Waals surface area contributed by atoms with Gasteiger partial charge in [-0.1, -0.05) is 19.4 Å². The monoisotopic (exact) mass is 243 g/mol. The summed E-state index contributed by atoms with van der Waals surface area (Å²) < 4.78 is 10.7. The normalized spacial score (nSPS) is 10.7. The van der Waals surface area contributed by atoms with E-state index in [-0.39, 0.29) is 0 Å². The predicted molar refractivity (Wildman–Crippen MR) is 70.5 cm³/mol. The molecular formula is C15H17NO2. The molecule has 0 unspecified atom stereocenters. The van der Waals surface area contributed by atoms with Gasteiger partial charge < -0.3 is 9.15 Å². The second-order valence-corrected chi connectivity index (χ2v) is 4.34. The molecule has 18 heavy (non-hydrogen) atoms. The number of nitrogens with zero attached hydrogens (tertiary/aromatic N) is 1. The number of hydrogen-bond donors (Lipinski definition) is 0. The molecule has 0 spiro atoms. The van der Waals surface area contributed by atoms with Crippen molar-refractivity contribution in [2.45, 2.75) is 26.2 Å². The van der Waals surface area contributed by atoms with Crippen molar-refractivity contribution >= 4 is 11.0 Å². The molecule has 0 aliphatic rings. The lowest BCUT2D eigenvalue weighted by Crippen LogP contribution is -1.94. The summed E-state index contributed by atoms with van der Waals surface area (Å²) in [4.78, 5) is 0. The van der Waals surface area contributed by atoms with Gasteiger partial charge in [-0.05, 0) is 30.5 Å². The fourth-order valence-electron chi connectivity index (χ4n) is 2.16. The molecule has 3 nitrogen and oxygen atoms in total. The molecule has 0 aliphatic heterocycles. The van der Waals surface area contributed by atoms with Crippen molar-refractivity contribution < 1.29 is 9.15 Å². The van der Waals surface area contributed by atoms with Crippen molar-refractivity contribution in [3.63, 3.8) is 0 Å². The number of benzene rings is 1. The Labute approximate surface area is 107 Å². The highest BCUT2D eigenvalue weighted by atomic mass is 16.5. The van der Waals surface area contributed by atoms with Crippen LogP contribution in [-0.4, -0.2) is 13.7 Å². The number of hydrogen-bond acceptors (Lipinski definition) is 3. The van der Waals surface area contributed by atoms with Gasteiger partial charge in [-0.2, -0.15) is 5.26 Å². The minimum atomic E-state index is 0.454. The average Bonchev–Trinajstić information content (AvgIpc) is 2.74. The molecule has 0 atom stereocenters. The zero-order valence-electron chi connectivity index (χ0n) is 10.8. The number of aryl methyl sites for hydroxylation is 1. The molecule has 3 heteroatoms. The molecule has 2 aromatic rings. The summed E-state index contributed by atoms with van der Waals surface area (Å²) in [5.74, 6) is 0.454. The van der Waals surface area contributed by atoms with Gasteiger partial charge >= 0.3 is 0 Å². The molecule has 0 N–H and O–H groups in total. The van der Waals surface area contributed by atoms with E-state index >= 15 is 0 Å². The van der Waals surface area contributed by atoms with Crippen LogP contribution in [0.4, 0.5) is 0 Å². The maximum Gasteiger partial charge on any atom is 0.207 e. The van der Waals surface area contributed by atoms with Gasteiger partial charge in [-0.25, -0.2) is 0 Å². The standard InChI is InChI=1S/C15H17NO2/c1-3-4-12-13-9-11(7-8-17-2)5-6-14(13)18-15(12)10-16/h5-6,9H,3-4,7-8H2,1-2H3. The molecular weight excluding hydrogens is 226 g/mol. The Morgan fingerprint density at radius 3 is 2.83 bits per heavy atom. The molecule has 1 heterocycles. The summed E-state index contributed by atoms with van der Waals surface area (Å²) in [5, 5.41) is 10.2. The minimum absolute atomic E-state index is 0.454. The van der Waals surface area contributed by atoms with Crippen LogP contribution in [0.3, 0.4) is 0 Å². The molecule has 0 fully saturated rings. The second-order valence-electron chi connectivity index (χ2n) is 4.34. The largest absolute Gasteiger partial charge is 0.445 e. The number of fused-ring (bicyclic) bond motifs is 1. The molecule has 0 aliphatic carbocycles. The Morgan fingerprint density at radius 1 is 1.33 bits per heavy atom. The van der Waals surface area contributed by atoms with Crippen LogP contribution < -0.4 is 0 Å². The maximum atomic E-state index is 9.09. The Bertz CT molecular complexity index is 578. The van der Waals surface area contributed by atoms with Gasteiger partial charge in [0.2, 0.25) is 5.76 Å². The van der Waals surface area contributed by atoms with Gasteiger partial charge in [0.15, 0.2) is 0 Å². The molecule has 0 amide bonds. The van der Waals surface area contributed by atoms with Gasteiger partial charge in [0.25, 0.3) is 0 Å². The van der Waals surface area contributed by atoms with Crippen LogP contribution >= 0.6 is 0 Å². The van der Waals surface area contributed by atoms with E-state index in [1.165, 1.54) is 5.56 Å². The number of methoxy groups -OCH3 is 1. The van der Waals surface area contributed by atoms with Crippen molar-refractivity contribution in [2.24, 2.45) is 0 Å². The average molecular weight is 243 g/mol. The minimum Gasteiger partial charge on any atom is -0.445 e. The van der Waals surface area contributed by atoms with Crippen LogP contribution in [0, 0.1) is 11.3 Å². The third kappa shape index (κ3) is 2.39. The van der Waals surface area contributed by atoms with Gasteiger partial charge in [-0.3, -0.25) is 0 Å².